The summed E-state index contributed by atoms with van der Waals surface area (Å²) in [6.07, 6.45) is 0.624. The van der Waals surface area contributed by atoms with Crippen LogP contribution >= 0.6 is 12.4 Å². The van der Waals surface area contributed by atoms with Gasteiger partial charge in [-0.1, -0.05) is 6.07 Å². The molecule has 0 aromatic heterocycles. The minimum absolute atomic E-state index is 0. The second kappa shape index (κ2) is 6.43. The summed E-state index contributed by atoms with van der Waals surface area (Å²) in [5.74, 6) is -0.134. The molecule has 6 nitrogen and oxygen atoms in total. The van der Waals surface area contributed by atoms with E-state index in [9.17, 15) is 13.2 Å². The molecule has 0 bridgehead atoms. The van der Waals surface area contributed by atoms with E-state index in [2.05, 4.69) is 5.32 Å². The normalized spacial score (nSPS) is 18.2. The number of nitrogens with one attached hydrogen (secondary N) is 1. The van der Waals surface area contributed by atoms with E-state index < -0.39 is 16.1 Å². The number of carbonyl (C=O) groups excluding carboxylic acids is 1. The SMILES string of the molecule is C[C@@H](N)C(=O)Nc1cccc(N2CCCS2(=O)=O)c1.Cl. The zero-order valence-electron chi connectivity index (χ0n) is 11.1. The van der Waals surface area contributed by atoms with Gasteiger partial charge in [-0.25, -0.2) is 8.42 Å². The van der Waals surface area contributed by atoms with Crippen LogP contribution in [-0.2, 0) is 14.8 Å². The number of amides is 1. The van der Waals surface area contributed by atoms with E-state index in [1.807, 2.05) is 0 Å². The highest BCUT2D eigenvalue weighted by atomic mass is 35.5. The first-order valence-corrected chi connectivity index (χ1v) is 7.68. The van der Waals surface area contributed by atoms with Crippen molar-refractivity contribution in [3.63, 3.8) is 0 Å². The van der Waals surface area contributed by atoms with Gasteiger partial charge < -0.3 is 11.1 Å². The summed E-state index contributed by atoms with van der Waals surface area (Å²) in [7, 11) is -3.21. The number of hydrogen-bond acceptors (Lipinski definition) is 4. The third-order valence-corrected chi connectivity index (χ3v) is 4.78. The van der Waals surface area contributed by atoms with Gasteiger partial charge in [-0.2, -0.15) is 0 Å². The molecule has 1 aromatic carbocycles. The first kappa shape index (κ1) is 16.7. The molecule has 1 amide bonds. The molecule has 1 atom stereocenters. The van der Waals surface area contributed by atoms with Crippen molar-refractivity contribution in [1.82, 2.24) is 0 Å². The van der Waals surface area contributed by atoms with Gasteiger partial charge >= 0.3 is 0 Å². The van der Waals surface area contributed by atoms with Crippen molar-refractivity contribution < 1.29 is 13.2 Å². The van der Waals surface area contributed by atoms with Crippen LogP contribution in [0.2, 0.25) is 0 Å². The lowest BCUT2D eigenvalue weighted by Gasteiger charge is -2.18. The van der Waals surface area contributed by atoms with Gasteiger partial charge in [-0.15, -0.1) is 12.4 Å². The Morgan fingerprint density at radius 2 is 2.15 bits per heavy atom. The fourth-order valence-electron chi connectivity index (χ4n) is 1.92. The topological polar surface area (TPSA) is 92.5 Å². The molecule has 1 aliphatic heterocycles. The molecule has 0 radical (unpaired) electrons. The molecule has 2 rings (SSSR count). The van der Waals surface area contributed by atoms with Gasteiger partial charge in [0.2, 0.25) is 15.9 Å². The number of rotatable bonds is 3. The molecular weight excluding hydrogens is 302 g/mol. The van der Waals surface area contributed by atoms with E-state index >= 15 is 0 Å². The van der Waals surface area contributed by atoms with Crippen LogP contribution in [0.1, 0.15) is 13.3 Å². The summed E-state index contributed by atoms with van der Waals surface area (Å²) in [6.45, 7) is 2.07. The van der Waals surface area contributed by atoms with E-state index in [-0.39, 0.29) is 24.1 Å². The van der Waals surface area contributed by atoms with Crippen molar-refractivity contribution in [3.8, 4) is 0 Å². The molecule has 1 aliphatic rings. The van der Waals surface area contributed by atoms with E-state index in [1.54, 1.807) is 31.2 Å². The van der Waals surface area contributed by atoms with Crippen molar-refractivity contribution in [2.75, 3.05) is 21.9 Å². The smallest absolute Gasteiger partial charge is 0.240 e. The van der Waals surface area contributed by atoms with Crippen LogP contribution in [-0.4, -0.2) is 32.7 Å². The van der Waals surface area contributed by atoms with Crippen molar-refractivity contribution in [1.29, 1.82) is 0 Å². The van der Waals surface area contributed by atoms with E-state index in [0.29, 0.717) is 24.3 Å². The first-order chi connectivity index (χ1) is 8.90. The summed E-state index contributed by atoms with van der Waals surface area (Å²) >= 11 is 0. The third kappa shape index (κ3) is 3.62. The molecule has 20 heavy (non-hydrogen) atoms. The van der Waals surface area contributed by atoms with Gasteiger partial charge in [0, 0.05) is 12.2 Å². The molecule has 1 heterocycles. The zero-order chi connectivity index (χ0) is 14.0. The van der Waals surface area contributed by atoms with Crippen molar-refractivity contribution >= 4 is 39.7 Å². The largest absolute Gasteiger partial charge is 0.325 e. The number of nitrogens with zero attached hydrogens (tertiary/aromatic N) is 1. The minimum Gasteiger partial charge on any atom is -0.325 e. The first-order valence-electron chi connectivity index (χ1n) is 6.07. The van der Waals surface area contributed by atoms with Crippen molar-refractivity contribution in [2.45, 2.75) is 19.4 Å². The highest BCUT2D eigenvalue weighted by Crippen LogP contribution is 2.26. The number of hydrogen-bond donors (Lipinski definition) is 2. The summed E-state index contributed by atoms with van der Waals surface area (Å²) in [5, 5.41) is 2.65. The number of anilines is 2. The number of halogens is 1. The fourth-order valence-corrected chi connectivity index (χ4v) is 3.48. The molecular formula is C12H18ClN3O3S. The summed E-state index contributed by atoms with van der Waals surface area (Å²) < 4.78 is 25.0. The van der Waals surface area contributed by atoms with E-state index in [1.165, 1.54) is 4.31 Å². The maximum absolute atomic E-state index is 11.8. The zero-order valence-corrected chi connectivity index (χ0v) is 12.7. The van der Waals surface area contributed by atoms with Crippen LogP contribution in [0.4, 0.5) is 11.4 Å². The molecule has 0 saturated carbocycles. The Kier molecular flexibility index (Phi) is 5.38. The average Bonchev–Trinajstić information content (AvgIpc) is 2.69. The number of sulfonamides is 1. The Morgan fingerprint density at radius 1 is 1.45 bits per heavy atom. The Hall–Kier alpha value is -1.31. The van der Waals surface area contributed by atoms with Crippen LogP contribution < -0.4 is 15.4 Å². The van der Waals surface area contributed by atoms with Gasteiger partial charge in [-0.05, 0) is 31.5 Å². The Bertz CT molecular complexity index is 589. The van der Waals surface area contributed by atoms with Gasteiger partial charge in [0.1, 0.15) is 0 Å². The van der Waals surface area contributed by atoms with E-state index in [4.69, 9.17) is 5.73 Å². The van der Waals surface area contributed by atoms with Gasteiger partial charge in [0.15, 0.2) is 0 Å². The highest BCUT2D eigenvalue weighted by molar-refractivity contribution is 7.93. The molecule has 0 unspecified atom stereocenters. The Morgan fingerprint density at radius 3 is 2.70 bits per heavy atom. The highest BCUT2D eigenvalue weighted by Gasteiger charge is 2.28. The second-order valence-electron chi connectivity index (χ2n) is 4.57. The maximum Gasteiger partial charge on any atom is 0.240 e. The standard InChI is InChI=1S/C12H17N3O3S.ClH/c1-9(13)12(16)14-10-4-2-5-11(8-10)15-6-3-7-19(15,17)18;/h2,4-5,8-9H,3,6-7,13H2,1H3,(H,14,16);1H/t9-;/m1./s1. The molecule has 3 N–H and O–H groups in total. The van der Waals surface area contributed by atoms with Gasteiger partial charge in [0.25, 0.3) is 0 Å². The monoisotopic (exact) mass is 319 g/mol. The molecule has 8 heteroatoms. The van der Waals surface area contributed by atoms with Crippen LogP contribution in [0.25, 0.3) is 0 Å². The Balaban J connectivity index is 0.00000200. The molecule has 0 spiro atoms. The predicted molar refractivity (Wildman–Crippen MR) is 81.7 cm³/mol. The lowest BCUT2D eigenvalue weighted by molar-refractivity contribution is -0.117. The van der Waals surface area contributed by atoms with E-state index in [0.717, 1.165) is 0 Å². The fraction of sp³-hybridized carbons (Fsp3) is 0.417. The van der Waals surface area contributed by atoms with Crippen molar-refractivity contribution in [3.05, 3.63) is 24.3 Å². The number of nitrogens with two attached hydrogens (primary N) is 1. The van der Waals surface area contributed by atoms with Crippen LogP contribution in [0.5, 0.6) is 0 Å². The van der Waals surface area contributed by atoms with Crippen LogP contribution in [0, 0.1) is 0 Å². The number of benzene rings is 1. The van der Waals surface area contributed by atoms with Gasteiger partial charge in [0.05, 0.1) is 17.5 Å². The lowest BCUT2D eigenvalue weighted by atomic mass is 10.2. The quantitative estimate of drug-likeness (QED) is 0.867. The lowest BCUT2D eigenvalue weighted by Crippen LogP contribution is -2.32. The van der Waals surface area contributed by atoms with Crippen LogP contribution in [0.3, 0.4) is 0 Å². The van der Waals surface area contributed by atoms with Crippen molar-refractivity contribution in [2.24, 2.45) is 5.73 Å². The summed E-state index contributed by atoms with van der Waals surface area (Å²) in [6, 6.07) is 6.15. The minimum atomic E-state index is -3.21. The molecule has 1 aromatic rings. The summed E-state index contributed by atoms with van der Waals surface area (Å²) in [4.78, 5) is 11.5. The summed E-state index contributed by atoms with van der Waals surface area (Å²) in [5.41, 5.74) is 6.58. The maximum atomic E-state index is 11.8. The number of carbonyl (C=O) groups is 1. The molecule has 1 saturated heterocycles. The molecule has 0 aliphatic carbocycles. The van der Waals surface area contributed by atoms with Gasteiger partial charge in [-0.3, -0.25) is 9.10 Å². The second-order valence-corrected chi connectivity index (χ2v) is 6.58. The average molecular weight is 320 g/mol. The molecule has 112 valence electrons. The Labute approximate surface area is 124 Å². The third-order valence-electron chi connectivity index (χ3n) is 2.91. The van der Waals surface area contributed by atoms with Crippen LogP contribution in [0.15, 0.2) is 24.3 Å². The predicted octanol–water partition coefficient (Wildman–Crippen LogP) is 0.934. The molecule has 1 fully saturated rings.